The first-order valence-electron chi connectivity index (χ1n) is 7.93. The third-order valence-electron chi connectivity index (χ3n) is 3.75. The molecule has 1 atom stereocenters. The molecule has 22 heavy (non-hydrogen) atoms. The lowest BCUT2D eigenvalue weighted by Gasteiger charge is -2.17. The summed E-state index contributed by atoms with van der Waals surface area (Å²) in [5.74, 6) is 2.48. The third kappa shape index (κ3) is 3.64. The molecule has 0 radical (unpaired) electrons. The van der Waals surface area contributed by atoms with Crippen molar-refractivity contribution in [2.75, 3.05) is 5.32 Å². The first-order chi connectivity index (χ1) is 10.3. The molecule has 0 amide bonds. The number of hydrogen-bond acceptors (Lipinski definition) is 4. The molecule has 0 aliphatic heterocycles. The van der Waals surface area contributed by atoms with Gasteiger partial charge >= 0.3 is 0 Å². The Balaban J connectivity index is 2.30. The molecule has 0 aromatic carbocycles. The lowest BCUT2D eigenvalue weighted by molar-refractivity contribution is 0.726. The molecule has 2 aromatic heterocycles. The number of rotatable bonds is 5. The van der Waals surface area contributed by atoms with Crippen LogP contribution in [0.25, 0.3) is 0 Å². The average molecular weight is 301 g/mol. The second-order valence-corrected chi connectivity index (χ2v) is 6.56. The molecule has 0 aliphatic carbocycles. The van der Waals surface area contributed by atoms with Gasteiger partial charge in [0.15, 0.2) is 0 Å². The highest BCUT2D eigenvalue weighted by atomic mass is 15.3. The highest BCUT2D eigenvalue weighted by Gasteiger charge is 2.15. The van der Waals surface area contributed by atoms with Gasteiger partial charge < -0.3 is 5.32 Å². The smallest absolute Gasteiger partial charge is 0.133 e. The van der Waals surface area contributed by atoms with Crippen molar-refractivity contribution < 1.29 is 0 Å². The fourth-order valence-electron chi connectivity index (χ4n) is 2.46. The minimum absolute atomic E-state index is 0.156. The fraction of sp³-hybridized carbons (Fsp3) is 0.588. The Labute approximate surface area is 133 Å². The van der Waals surface area contributed by atoms with Gasteiger partial charge in [-0.25, -0.2) is 9.97 Å². The van der Waals surface area contributed by atoms with E-state index in [1.54, 1.807) is 0 Å². The summed E-state index contributed by atoms with van der Waals surface area (Å²) in [5.41, 5.74) is 3.32. The first kappa shape index (κ1) is 16.5. The Morgan fingerprint density at radius 2 is 1.73 bits per heavy atom. The zero-order valence-corrected chi connectivity index (χ0v) is 14.7. The molecule has 120 valence electrons. The van der Waals surface area contributed by atoms with Crippen molar-refractivity contribution in [1.82, 2.24) is 19.7 Å². The van der Waals surface area contributed by atoms with Gasteiger partial charge in [0.05, 0.1) is 11.7 Å². The quantitative estimate of drug-likeness (QED) is 0.909. The zero-order chi connectivity index (χ0) is 16.4. The van der Waals surface area contributed by atoms with E-state index in [2.05, 4.69) is 67.3 Å². The summed E-state index contributed by atoms with van der Waals surface area (Å²) in [6, 6.07) is 2.21. The molecular weight excluding hydrogens is 274 g/mol. The van der Waals surface area contributed by atoms with Gasteiger partial charge in [-0.1, -0.05) is 27.7 Å². The fourth-order valence-corrected chi connectivity index (χ4v) is 2.46. The maximum Gasteiger partial charge on any atom is 0.133 e. The van der Waals surface area contributed by atoms with E-state index >= 15 is 0 Å². The van der Waals surface area contributed by atoms with E-state index in [1.165, 1.54) is 5.56 Å². The standard InChI is InChI=1S/C17H27N5/c1-10(2)15-8-16(20-17(19-15)11(3)4)18-12(5)14-9-22(7)21-13(14)6/h8-12H,1-7H3,(H,18,19,20). The van der Waals surface area contributed by atoms with E-state index in [0.29, 0.717) is 11.8 Å². The Hall–Kier alpha value is -1.91. The van der Waals surface area contributed by atoms with Crippen molar-refractivity contribution in [3.05, 3.63) is 35.0 Å². The molecule has 0 saturated carbocycles. The summed E-state index contributed by atoms with van der Waals surface area (Å²) in [6.07, 6.45) is 2.06. The van der Waals surface area contributed by atoms with Crippen molar-refractivity contribution in [2.24, 2.45) is 7.05 Å². The molecule has 2 aromatic rings. The van der Waals surface area contributed by atoms with Gasteiger partial charge in [-0.05, 0) is 19.8 Å². The van der Waals surface area contributed by atoms with Crippen molar-refractivity contribution in [3.63, 3.8) is 0 Å². The number of hydrogen-bond donors (Lipinski definition) is 1. The van der Waals surface area contributed by atoms with Crippen LogP contribution in [0, 0.1) is 6.92 Å². The number of anilines is 1. The maximum atomic E-state index is 4.67. The minimum Gasteiger partial charge on any atom is -0.363 e. The Kier molecular flexibility index (Phi) is 4.84. The molecule has 0 aliphatic rings. The van der Waals surface area contributed by atoms with Crippen molar-refractivity contribution >= 4 is 5.82 Å². The van der Waals surface area contributed by atoms with Gasteiger partial charge in [0.25, 0.3) is 0 Å². The predicted octanol–water partition coefficient (Wildman–Crippen LogP) is 3.94. The van der Waals surface area contributed by atoms with Crippen LogP contribution in [-0.2, 0) is 7.05 Å². The van der Waals surface area contributed by atoms with Gasteiger partial charge in [0.1, 0.15) is 11.6 Å². The maximum absolute atomic E-state index is 4.67. The zero-order valence-electron chi connectivity index (χ0n) is 14.7. The minimum atomic E-state index is 0.156. The molecule has 0 saturated heterocycles. The topological polar surface area (TPSA) is 55.6 Å². The Bertz CT molecular complexity index is 616. The van der Waals surface area contributed by atoms with E-state index in [0.717, 1.165) is 23.0 Å². The lowest BCUT2D eigenvalue weighted by Crippen LogP contribution is -2.12. The summed E-state index contributed by atoms with van der Waals surface area (Å²) in [6.45, 7) is 12.7. The number of aromatic nitrogens is 4. The van der Waals surface area contributed by atoms with E-state index < -0.39 is 0 Å². The molecule has 1 N–H and O–H groups in total. The summed E-state index contributed by atoms with van der Waals surface area (Å²) >= 11 is 0. The monoisotopic (exact) mass is 301 g/mol. The van der Waals surface area contributed by atoms with Crippen LogP contribution in [0.5, 0.6) is 0 Å². The summed E-state index contributed by atoms with van der Waals surface area (Å²) in [7, 11) is 1.95. The van der Waals surface area contributed by atoms with Crippen LogP contribution < -0.4 is 5.32 Å². The van der Waals surface area contributed by atoms with Gasteiger partial charge in [-0.3, -0.25) is 4.68 Å². The van der Waals surface area contributed by atoms with Crippen LogP contribution in [0.1, 0.15) is 75.3 Å². The van der Waals surface area contributed by atoms with Crippen molar-refractivity contribution in [1.29, 1.82) is 0 Å². The van der Waals surface area contributed by atoms with E-state index in [-0.39, 0.29) is 6.04 Å². The first-order valence-corrected chi connectivity index (χ1v) is 7.93. The number of nitrogens with zero attached hydrogens (tertiary/aromatic N) is 4. The van der Waals surface area contributed by atoms with Crippen molar-refractivity contribution in [2.45, 2.75) is 59.4 Å². The molecule has 0 spiro atoms. The predicted molar refractivity (Wildman–Crippen MR) is 90.2 cm³/mol. The van der Waals surface area contributed by atoms with Gasteiger partial charge in [-0.2, -0.15) is 5.10 Å². The molecule has 5 nitrogen and oxygen atoms in total. The van der Waals surface area contributed by atoms with E-state index in [9.17, 15) is 0 Å². The van der Waals surface area contributed by atoms with Gasteiger partial charge in [0.2, 0.25) is 0 Å². The van der Waals surface area contributed by atoms with E-state index in [1.807, 2.05) is 18.7 Å². The van der Waals surface area contributed by atoms with Crippen LogP contribution in [0.15, 0.2) is 12.3 Å². The average Bonchev–Trinajstić information content (AvgIpc) is 2.77. The molecule has 2 heterocycles. The summed E-state index contributed by atoms with van der Waals surface area (Å²) < 4.78 is 1.85. The lowest BCUT2D eigenvalue weighted by atomic mass is 10.1. The highest BCUT2D eigenvalue weighted by molar-refractivity contribution is 5.41. The van der Waals surface area contributed by atoms with Gasteiger partial charge in [0, 0.05) is 36.5 Å². The molecule has 5 heteroatoms. The second-order valence-electron chi connectivity index (χ2n) is 6.56. The normalized spacial score (nSPS) is 13.0. The van der Waals surface area contributed by atoms with Crippen molar-refractivity contribution in [3.8, 4) is 0 Å². The molecule has 1 unspecified atom stereocenters. The van der Waals surface area contributed by atoms with Crippen LogP contribution in [-0.4, -0.2) is 19.7 Å². The number of nitrogens with one attached hydrogen (secondary N) is 1. The molecule has 0 bridgehead atoms. The van der Waals surface area contributed by atoms with Crippen LogP contribution in [0.2, 0.25) is 0 Å². The molecule has 2 rings (SSSR count). The highest BCUT2D eigenvalue weighted by Crippen LogP contribution is 2.24. The van der Waals surface area contributed by atoms with Crippen LogP contribution >= 0.6 is 0 Å². The Morgan fingerprint density at radius 1 is 1.05 bits per heavy atom. The molecular formula is C17H27N5. The van der Waals surface area contributed by atoms with Crippen LogP contribution in [0.4, 0.5) is 5.82 Å². The molecule has 0 fully saturated rings. The third-order valence-corrected chi connectivity index (χ3v) is 3.75. The van der Waals surface area contributed by atoms with E-state index in [4.69, 9.17) is 0 Å². The summed E-state index contributed by atoms with van der Waals surface area (Å²) in [4.78, 5) is 9.33. The SMILES string of the molecule is Cc1nn(C)cc1C(C)Nc1cc(C(C)C)nc(C(C)C)n1. The van der Waals surface area contributed by atoms with Crippen LogP contribution in [0.3, 0.4) is 0 Å². The number of aryl methyl sites for hydroxylation is 2. The Morgan fingerprint density at radius 3 is 2.23 bits per heavy atom. The van der Waals surface area contributed by atoms with Gasteiger partial charge in [-0.15, -0.1) is 0 Å². The largest absolute Gasteiger partial charge is 0.363 e. The second kappa shape index (κ2) is 6.46. The summed E-state index contributed by atoms with van der Waals surface area (Å²) in [5, 5.41) is 7.91.